The van der Waals surface area contributed by atoms with Crippen molar-refractivity contribution >= 4 is 35.1 Å². The lowest BCUT2D eigenvalue weighted by atomic mass is 9.89. The van der Waals surface area contributed by atoms with Crippen LogP contribution in [0.3, 0.4) is 0 Å². The maximum Gasteiger partial charge on any atom is 0.309 e. The number of benzene rings is 1. The number of aliphatic carboxylic acids is 1. The van der Waals surface area contributed by atoms with E-state index >= 15 is 0 Å². The highest BCUT2D eigenvalue weighted by Crippen LogP contribution is 2.25. The van der Waals surface area contributed by atoms with Gasteiger partial charge in [0.05, 0.1) is 16.0 Å². The molecule has 2 amide bonds. The molecule has 2 rings (SSSR count). The molecule has 1 aromatic carbocycles. The number of amides is 2. The minimum atomic E-state index is -1.15. The van der Waals surface area contributed by atoms with Crippen LogP contribution in [0.25, 0.3) is 0 Å². The van der Waals surface area contributed by atoms with Gasteiger partial charge in [0.2, 0.25) is 5.91 Å². The summed E-state index contributed by atoms with van der Waals surface area (Å²) in [4.78, 5) is 34.9. The molecule has 124 valence electrons. The van der Waals surface area contributed by atoms with Crippen LogP contribution in [0.4, 0.5) is 5.69 Å². The van der Waals surface area contributed by atoms with Crippen LogP contribution in [0.5, 0.6) is 0 Å². The number of anilines is 1. The number of hydrogen-bond acceptors (Lipinski definition) is 3. The maximum absolute atomic E-state index is 12.0. The average Bonchev–Trinajstić information content (AvgIpc) is 3.21. The van der Waals surface area contributed by atoms with Gasteiger partial charge in [0, 0.05) is 18.2 Å². The summed E-state index contributed by atoms with van der Waals surface area (Å²) in [5.74, 6) is -1.70. The van der Waals surface area contributed by atoms with Crippen LogP contribution >= 0.6 is 11.6 Å². The fourth-order valence-corrected chi connectivity index (χ4v) is 2.22. The molecule has 6 nitrogen and oxygen atoms in total. The van der Waals surface area contributed by atoms with Crippen LogP contribution in [0, 0.1) is 5.41 Å². The zero-order valence-corrected chi connectivity index (χ0v) is 13.7. The molecule has 1 aromatic rings. The minimum Gasteiger partial charge on any atom is -0.481 e. The third-order valence-electron chi connectivity index (χ3n) is 3.59. The molecule has 1 fully saturated rings. The fraction of sp³-hybridized carbons (Fsp3) is 0.438. The van der Waals surface area contributed by atoms with Gasteiger partial charge in [0.15, 0.2) is 0 Å². The first-order valence-corrected chi connectivity index (χ1v) is 7.70. The molecule has 0 unspecified atom stereocenters. The second kappa shape index (κ2) is 6.58. The van der Waals surface area contributed by atoms with Gasteiger partial charge in [-0.3, -0.25) is 14.4 Å². The predicted molar refractivity (Wildman–Crippen MR) is 86.6 cm³/mol. The number of hydrogen-bond donors (Lipinski definition) is 3. The standard InChI is InChI=1S/C16H19ClN2O4/c1-16(2,15(22)23)8-13(20)18-10-5-6-11(12(17)7-10)14(21)19-9-3-4-9/h5-7,9H,3-4,8H2,1-2H3,(H,18,20)(H,19,21)(H,22,23). The first kappa shape index (κ1) is 17.3. The molecule has 0 bridgehead atoms. The van der Waals surface area contributed by atoms with Gasteiger partial charge in [-0.05, 0) is 44.9 Å². The van der Waals surface area contributed by atoms with Gasteiger partial charge >= 0.3 is 5.97 Å². The molecular formula is C16H19ClN2O4. The molecule has 23 heavy (non-hydrogen) atoms. The molecule has 7 heteroatoms. The molecule has 1 aliphatic rings. The second-order valence-corrected chi connectivity index (χ2v) is 6.76. The Morgan fingerprint density at radius 3 is 2.48 bits per heavy atom. The van der Waals surface area contributed by atoms with Crippen molar-refractivity contribution in [2.24, 2.45) is 5.41 Å². The highest BCUT2D eigenvalue weighted by Gasteiger charge is 2.30. The molecular weight excluding hydrogens is 320 g/mol. The van der Waals surface area contributed by atoms with Gasteiger partial charge in [0.1, 0.15) is 0 Å². The molecule has 1 aliphatic carbocycles. The lowest BCUT2D eigenvalue weighted by molar-refractivity contribution is -0.148. The minimum absolute atomic E-state index is 0.163. The van der Waals surface area contributed by atoms with Crippen molar-refractivity contribution in [2.75, 3.05) is 5.32 Å². The zero-order valence-electron chi connectivity index (χ0n) is 13.0. The number of halogens is 1. The summed E-state index contributed by atoms with van der Waals surface area (Å²) in [5, 5.41) is 14.7. The van der Waals surface area contributed by atoms with Crippen LogP contribution in [0.15, 0.2) is 18.2 Å². The van der Waals surface area contributed by atoms with Crippen molar-refractivity contribution in [2.45, 2.75) is 39.2 Å². The number of carbonyl (C=O) groups is 3. The predicted octanol–water partition coefficient (Wildman–Crippen LogP) is 2.67. The van der Waals surface area contributed by atoms with Gasteiger partial charge in [-0.25, -0.2) is 0 Å². The molecule has 0 atom stereocenters. The van der Waals surface area contributed by atoms with E-state index in [0.717, 1.165) is 12.8 Å². The van der Waals surface area contributed by atoms with Crippen molar-refractivity contribution in [3.05, 3.63) is 28.8 Å². The third-order valence-corrected chi connectivity index (χ3v) is 3.90. The van der Waals surface area contributed by atoms with E-state index < -0.39 is 17.3 Å². The number of nitrogens with one attached hydrogen (secondary N) is 2. The smallest absolute Gasteiger partial charge is 0.309 e. The van der Waals surface area contributed by atoms with Crippen LogP contribution in [0.2, 0.25) is 5.02 Å². The van der Waals surface area contributed by atoms with Crippen molar-refractivity contribution in [3.63, 3.8) is 0 Å². The number of carbonyl (C=O) groups excluding carboxylic acids is 2. The molecule has 0 saturated heterocycles. The van der Waals surface area contributed by atoms with Crippen LogP contribution in [0.1, 0.15) is 43.5 Å². The Labute approximate surface area is 139 Å². The molecule has 0 aliphatic heterocycles. The van der Waals surface area contributed by atoms with Crippen LogP contribution in [-0.2, 0) is 9.59 Å². The van der Waals surface area contributed by atoms with Gasteiger partial charge in [-0.1, -0.05) is 11.6 Å². The van der Waals surface area contributed by atoms with Gasteiger partial charge in [-0.15, -0.1) is 0 Å². The monoisotopic (exact) mass is 338 g/mol. The largest absolute Gasteiger partial charge is 0.481 e. The van der Waals surface area contributed by atoms with Crippen LogP contribution < -0.4 is 10.6 Å². The summed E-state index contributed by atoms with van der Waals surface area (Å²) in [6, 6.07) is 4.82. The van der Waals surface area contributed by atoms with E-state index in [1.807, 2.05) is 0 Å². The van der Waals surface area contributed by atoms with E-state index in [-0.39, 0.29) is 23.4 Å². The summed E-state index contributed by atoms with van der Waals surface area (Å²) < 4.78 is 0. The number of carboxylic acid groups (broad SMARTS) is 1. The average molecular weight is 339 g/mol. The highest BCUT2D eigenvalue weighted by atomic mass is 35.5. The van der Waals surface area contributed by atoms with Gasteiger partial charge in [-0.2, -0.15) is 0 Å². The number of carboxylic acids is 1. The molecule has 0 spiro atoms. The quantitative estimate of drug-likeness (QED) is 0.743. The number of rotatable bonds is 6. The van der Waals surface area contributed by atoms with Gasteiger partial charge in [0.25, 0.3) is 5.91 Å². The molecule has 3 N–H and O–H groups in total. The van der Waals surface area contributed by atoms with E-state index in [0.29, 0.717) is 11.3 Å². The normalized spacial score (nSPS) is 14.2. The van der Waals surface area contributed by atoms with E-state index in [2.05, 4.69) is 10.6 Å². The van der Waals surface area contributed by atoms with Crippen molar-refractivity contribution < 1.29 is 19.5 Å². The Kier molecular flexibility index (Phi) is 4.94. The highest BCUT2D eigenvalue weighted by molar-refractivity contribution is 6.34. The topological polar surface area (TPSA) is 95.5 Å². The van der Waals surface area contributed by atoms with Crippen molar-refractivity contribution in [3.8, 4) is 0 Å². The van der Waals surface area contributed by atoms with Crippen LogP contribution in [-0.4, -0.2) is 28.9 Å². The lowest BCUT2D eigenvalue weighted by Crippen LogP contribution is -2.29. The summed E-state index contributed by atoms with van der Waals surface area (Å²) in [6.07, 6.45) is 1.80. The summed E-state index contributed by atoms with van der Waals surface area (Å²) in [7, 11) is 0. The Hall–Kier alpha value is -2.08. The summed E-state index contributed by atoms with van der Waals surface area (Å²) in [6.45, 7) is 2.96. The van der Waals surface area contributed by atoms with E-state index in [4.69, 9.17) is 16.7 Å². The van der Waals surface area contributed by atoms with E-state index in [1.165, 1.54) is 26.0 Å². The Balaban J connectivity index is 2.01. The maximum atomic E-state index is 12.0. The Morgan fingerprint density at radius 2 is 1.96 bits per heavy atom. The first-order valence-electron chi connectivity index (χ1n) is 7.33. The Morgan fingerprint density at radius 1 is 1.30 bits per heavy atom. The first-order chi connectivity index (χ1) is 10.7. The summed E-state index contributed by atoms with van der Waals surface area (Å²) >= 11 is 6.09. The third kappa shape index (κ3) is 4.69. The second-order valence-electron chi connectivity index (χ2n) is 6.36. The van der Waals surface area contributed by atoms with Crippen molar-refractivity contribution in [1.29, 1.82) is 0 Å². The molecule has 0 heterocycles. The van der Waals surface area contributed by atoms with Gasteiger partial charge < -0.3 is 15.7 Å². The fourth-order valence-electron chi connectivity index (χ4n) is 1.95. The molecule has 0 aromatic heterocycles. The molecule has 1 saturated carbocycles. The zero-order chi connectivity index (χ0) is 17.2. The summed E-state index contributed by atoms with van der Waals surface area (Å²) in [5.41, 5.74) is -0.385. The molecule has 0 radical (unpaired) electrons. The van der Waals surface area contributed by atoms with E-state index in [9.17, 15) is 14.4 Å². The van der Waals surface area contributed by atoms with Crippen molar-refractivity contribution in [1.82, 2.24) is 5.32 Å². The van der Waals surface area contributed by atoms with E-state index in [1.54, 1.807) is 6.07 Å². The Bertz CT molecular complexity index is 653. The SMILES string of the molecule is CC(C)(CC(=O)Nc1ccc(C(=O)NC2CC2)c(Cl)c1)C(=O)O. The lowest BCUT2D eigenvalue weighted by Gasteiger charge is -2.18.